The number of aryl methyl sites for hydroxylation is 2. The lowest BCUT2D eigenvalue weighted by molar-refractivity contribution is 0.544. The fraction of sp³-hybridized carbons (Fsp3) is 0.463. The summed E-state index contributed by atoms with van der Waals surface area (Å²) in [6, 6.07) is 22.8. The van der Waals surface area contributed by atoms with Crippen LogP contribution in [0.4, 0.5) is 0 Å². The molecule has 2 heteroatoms. The van der Waals surface area contributed by atoms with E-state index in [2.05, 4.69) is 86.4 Å². The minimum Gasteiger partial charge on any atom is -0.134 e. The molecule has 0 aliphatic heterocycles. The van der Waals surface area contributed by atoms with E-state index in [1.54, 1.807) is 0 Å². The zero-order valence-corrected chi connectivity index (χ0v) is 28.2. The molecule has 2 aromatic heterocycles. The van der Waals surface area contributed by atoms with E-state index in [-0.39, 0.29) is 0 Å². The summed E-state index contributed by atoms with van der Waals surface area (Å²) in [5.41, 5.74) is 5.12. The summed E-state index contributed by atoms with van der Waals surface area (Å²) in [6.45, 7) is 4.56. The van der Waals surface area contributed by atoms with Crippen molar-refractivity contribution in [2.75, 3.05) is 0 Å². The molecule has 0 spiro atoms. The Hall–Kier alpha value is -2.60. The molecule has 0 saturated heterocycles. The molecule has 43 heavy (non-hydrogen) atoms. The van der Waals surface area contributed by atoms with Gasteiger partial charge in [-0.25, -0.2) is 0 Å². The van der Waals surface area contributed by atoms with Crippen LogP contribution < -0.4 is 0 Å². The first kappa shape index (κ1) is 31.8. The molecule has 0 atom stereocenters. The van der Waals surface area contributed by atoms with Crippen molar-refractivity contribution in [2.45, 2.75) is 123 Å². The maximum atomic E-state index is 3.42. The zero-order valence-electron chi connectivity index (χ0n) is 26.6. The highest BCUT2D eigenvalue weighted by Crippen LogP contribution is 2.44. The molecule has 0 fully saturated rings. The fourth-order valence-electron chi connectivity index (χ4n) is 6.18. The van der Waals surface area contributed by atoms with E-state index in [0.29, 0.717) is 0 Å². The summed E-state index contributed by atoms with van der Waals surface area (Å²) in [4.78, 5) is 0. The SMILES string of the molecule is CCCCCCCCCCCCCCc1ccc2c(c1)sc1c3ccc(C#Cc4ccc(CCCCC)cc4)cc3sc21. The van der Waals surface area contributed by atoms with Crippen molar-refractivity contribution >= 4 is 52.2 Å². The van der Waals surface area contributed by atoms with Crippen LogP contribution in [0.15, 0.2) is 60.7 Å². The highest BCUT2D eigenvalue weighted by atomic mass is 32.1. The molecule has 0 saturated carbocycles. The average Bonchev–Trinajstić information content (AvgIpc) is 3.56. The van der Waals surface area contributed by atoms with E-state index in [4.69, 9.17) is 0 Å². The molecule has 0 N–H and O–H groups in total. The molecular formula is C41H50S2. The molecule has 226 valence electrons. The fourth-order valence-corrected chi connectivity index (χ4v) is 8.94. The summed E-state index contributed by atoms with van der Waals surface area (Å²) in [6.07, 6.45) is 23.2. The normalized spacial score (nSPS) is 11.5. The average molecular weight is 607 g/mol. The third kappa shape index (κ3) is 9.20. The van der Waals surface area contributed by atoms with Gasteiger partial charge in [0.2, 0.25) is 0 Å². The molecular weight excluding hydrogens is 557 g/mol. The van der Waals surface area contributed by atoms with Crippen LogP contribution in [0.2, 0.25) is 0 Å². The number of rotatable bonds is 17. The van der Waals surface area contributed by atoms with Gasteiger partial charge in [0.1, 0.15) is 0 Å². The maximum Gasteiger partial charge on any atom is 0.0542 e. The summed E-state index contributed by atoms with van der Waals surface area (Å²) in [5, 5.41) is 2.80. The van der Waals surface area contributed by atoms with Crippen LogP contribution in [0.5, 0.6) is 0 Å². The Balaban J connectivity index is 1.12. The van der Waals surface area contributed by atoms with Crippen LogP contribution in [0.25, 0.3) is 29.6 Å². The molecule has 0 bridgehead atoms. The van der Waals surface area contributed by atoms with E-state index in [9.17, 15) is 0 Å². The van der Waals surface area contributed by atoms with Crippen molar-refractivity contribution in [1.82, 2.24) is 0 Å². The summed E-state index contributed by atoms with van der Waals surface area (Å²) >= 11 is 3.90. The number of benzene rings is 3. The van der Waals surface area contributed by atoms with Crippen molar-refractivity contribution in [3.05, 3.63) is 82.9 Å². The van der Waals surface area contributed by atoms with Gasteiger partial charge in [0, 0.05) is 31.3 Å². The van der Waals surface area contributed by atoms with E-state index >= 15 is 0 Å². The van der Waals surface area contributed by atoms with E-state index in [0.717, 1.165) is 11.1 Å². The van der Waals surface area contributed by atoms with Crippen molar-refractivity contribution in [1.29, 1.82) is 0 Å². The Morgan fingerprint density at radius 1 is 0.442 bits per heavy atom. The number of fused-ring (bicyclic) bond motifs is 5. The highest BCUT2D eigenvalue weighted by molar-refractivity contribution is 7.36. The quantitative estimate of drug-likeness (QED) is 0.0729. The lowest BCUT2D eigenvalue weighted by atomic mass is 10.0. The van der Waals surface area contributed by atoms with Crippen LogP contribution in [-0.4, -0.2) is 0 Å². The molecule has 0 nitrogen and oxygen atoms in total. The molecule has 0 aliphatic rings. The number of hydrogen-bond donors (Lipinski definition) is 0. The van der Waals surface area contributed by atoms with Crippen LogP contribution in [-0.2, 0) is 12.8 Å². The van der Waals surface area contributed by atoms with Crippen LogP contribution in [0, 0.1) is 11.8 Å². The van der Waals surface area contributed by atoms with Crippen molar-refractivity contribution in [3.8, 4) is 11.8 Å². The number of unbranched alkanes of at least 4 members (excludes halogenated alkanes) is 13. The lowest BCUT2D eigenvalue weighted by Crippen LogP contribution is -1.86. The highest BCUT2D eigenvalue weighted by Gasteiger charge is 2.13. The van der Waals surface area contributed by atoms with Gasteiger partial charge in [-0.3, -0.25) is 0 Å². The first-order valence-corrected chi connectivity index (χ1v) is 18.9. The molecule has 2 heterocycles. The molecule has 5 aromatic rings. The van der Waals surface area contributed by atoms with Gasteiger partial charge in [-0.1, -0.05) is 139 Å². The van der Waals surface area contributed by atoms with Gasteiger partial charge in [0.05, 0.1) is 9.40 Å². The van der Waals surface area contributed by atoms with Crippen LogP contribution in [0.3, 0.4) is 0 Å². The number of thiophene rings is 2. The predicted octanol–water partition coefficient (Wildman–Crippen LogP) is 13.6. The van der Waals surface area contributed by atoms with E-state index < -0.39 is 0 Å². The first-order valence-electron chi connectivity index (χ1n) is 17.2. The Kier molecular flexibility index (Phi) is 12.6. The van der Waals surface area contributed by atoms with Gasteiger partial charge in [-0.05, 0) is 67.1 Å². The first-order chi connectivity index (χ1) is 21.2. The minimum atomic E-state index is 1.09. The topological polar surface area (TPSA) is 0 Å². The number of hydrogen-bond acceptors (Lipinski definition) is 2. The summed E-state index contributed by atoms with van der Waals surface area (Å²) in [5.74, 6) is 6.80. The minimum absolute atomic E-state index is 1.09. The molecule has 0 radical (unpaired) electrons. The molecule has 0 aliphatic carbocycles. The Bertz CT molecular complexity index is 1620. The smallest absolute Gasteiger partial charge is 0.0542 e. The van der Waals surface area contributed by atoms with Gasteiger partial charge in [0.25, 0.3) is 0 Å². The molecule has 0 unspecified atom stereocenters. The predicted molar refractivity (Wildman–Crippen MR) is 195 cm³/mol. The van der Waals surface area contributed by atoms with Crippen molar-refractivity contribution in [3.63, 3.8) is 0 Å². The zero-order chi connectivity index (χ0) is 29.7. The lowest BCUT2D eigenvalue weighted by Gasteiger charge is -2.04. The third-order valence-electron chi connectivity index (χ3n) is 8.84. The van der Waals surface area contributed by atoms with E-state index in [1.165, 1.54) is 150 Å². The largest absolute Gasteiger partial charge is 0.134 e. The monoisotopic (exact) mass is 606 g/mol. The third-order valence-corrected chi connectivity index (χ3v) is 11.3. The Morgan fingerprint density at radius 3 is 1.53 bits per heavy atom. The van der Waals surface area contributed by atoms with Gasteiger partial charge in [-0.15, -0.1) is 22.7 Å². The Labute approximate surface area is 268 Å². The summed E-state index contributed by atoms with van der Waals surface area (Å²) in [7, 11) is 0. The van der Waals surface area contributed by atoms with Crippen molar-refractivity contribution in [2.24, 2.45) is 0 Å². The molecule has 5 rings (SSSR count). The van der Waals surface area contributed by atoms with Crippen LogP contribution >= 0.6 is 22.7 Å². The Morgan fingerprint density at radius 2 is 0.884 bits per heavy atom. The molecule has 0 amide bonds. The maximum absolute atomic E-state index is 3.42. The van der Waals surface area contributed by atoms with Crippen LogP contribution in [0.1, 0.15) is 132 Å². The van der Waals surface area contributed by atoms with E-state index in [1.807, 2.05) is 22.7 Å². The molecule has 3 aromatic carbocycles. The van der Waals surface area contributed by atoms with Gasteiger partial charge in [-0.2, -0.15) is 0 Å². The van der Waals surface area contributed by atoms with Gasteiger partial charge < -0.3 is 0 Å². The standard InChI is InChI=1S/C41H50S2/c1-3-5-7-8-9-10-11-12-13-14-15-17-19-34-26-28-36-38(30-34)42-41-37-29-27-35(31-39(37)43-40(36)41)25-24-33-22-20-32(21-23-33)18-16-6-4-2/h20-23,26-31H,3-19H2,1-2H3. The summed E-state index contributed by atoms with van der Waals surface area (Å²) < 4.78 is 5.68. The second kappa shape index (κ2) is 17.0. The van der Waals surface area contributed by atoms with Crippen molar-refractivity contribution < 1.29 is 0 Å². The van der Waals surface area contributed by atoms with Gasteiger partial charge >= 0.3 is 0 Å². The second-order valence-electron chi connectivity index (χ2n) is 12.4. The van der Waals surface area contributed by atoms with Gasteiger partial charge in [0.15, 0.2) is 0 Å². The second-order valence-corrected chi connectivity index (χ2v) is 14.6.